The average molecular weight is 278 g/mol. The van der Waals surface area contributed by atoms with E-state index >= 15 is 0 Å². The predicted molar refractivity (Wildman–Crippen MR) is 60.2 cm³/mol. The number of halogens is 3. The summed E-state index contributed by atoms with van der Waals surface area (Å²) < 4.78 is 49.5. The molecule has 0 aromatic heterocycles. The topological polar surface area (TPSA) is 44.8 Å². The average Bonchev–Trinajstić information content (AvgIpc) is 2.32. The Morgan fingerprint density at radius 1 is 1.26 bits per heavy atom. The van der Waals surface area contributed by atoms with Crippen LogP contribution in [0.15, 0.2) is 24.3 Å². The Morgan fingerprint density at radius 3 is 2.63 bits per heavy atom. The number of methoxy groups -OCH3 is 1. The minimum absolute atomic E-state index is 0.0965. The zero-order valence-corrected chi connectivity index (χ0v) is 10.2. The molecule has 0 saturated heterocycles. The number of rotatable bonds is 7. The van der Waals surface area contributed by atoms with Gasteiger partial charge < -0.3 is 14.2 Å². The zero-order valence-electron chi connectivity index (χ0n) is 10.2. The molecule has 1 aromatic carbocycles. The summed E-state index contributed by atoms with van der Waals surface area (Å²) in [5.41, 5.74) is 0.0965. The molecule has 0 aliphatic rings. The third-order valence-electron chi connectivity index (χ3n) is 2.05. The molecular weight excluding hydrogens is 265 g/mol. The van der Waals surface area contributed by atoms with Crippen LogP contribution in [0.4, 0.5) is 13.2 Å². The van der Waals surface area contributed by atoms with Gasteiger partial charge >= 0.3 is 6.36 Å². The molecule has 0 aliphatic carbocycles. The van der Waals surface area contributed by atoms with Gasteiger partial charge in [0.05, 0.1) is 13.2 Å². The Bertz CT molecular complexity index is 418. The number of carbonyl (C=O) groups is 1. The van der Waals surface area contributed by atoms with Crippen LogP contribution >= 0.6 is 0 Å². The molecule has 0 aliphatic heterocycles. The highest BCUT2D eigenvalue weighted by atomic mass is 19.4. The quantitative estimate of drug-likeness (QED) is 0.567. The Labute approximate surface area is 108 Å². The number of hydrogen-bond donors (Lipinski definition) is 0. The SMILES string of the molecule is COCCOCC(=O)c1cccc(OC(F)(F)F)c1. The van der Waals surface area contributed by atoms with E-state index in [0.717, 1.165) is 12.1 Å². The van der Waals surface area contributed by atoms with Gasteiger partial charge in [0.25, 0.3) is 0 Å². The molecule has 106 valence electrons. The first-order valence-corrected chi connectivity index (χ1v) is 5.38. The first-order valence-electron chi connectivity index (χ1n) is 5.38. The van der Waals surface area contributed by atoms with Crippen LogP contribution in [-0.2, 0) is 9.47 Å². The molecule has 0 N–H and O–H groups in total. The fraction of sp³-hybridized carbons (Fsp3) is 0.417. The monoisotopic (exact) mass is 278 g/mol. The van der Waals surface area contributed by atoms with Crippen molar-refractivity contribution in [3.05, 3.63) is 29.8 Å². The van der Waals surface area contributed by atoms with E-state index in [0.29, 0.717) is 6.61 Å². The van der Waals surface area contributed by atoms with Gasteiger partial charge in [0.1, 0.15) is 12.4 Å². The summed E-state index contributed by atoms with van der Waals surface area (Å²) in [6.07, 6.45) is -4.78. The molecule has 7 heteroatoms. The van der Waals surface area contributed by atoms with E-state index in [1.807, 2.05) is 0 Å². The zero-order chi connectivity index (χ0) is 14.3. The lowest BCUT2D eigenvalue weighted by molar-refractivity contribution is -0.274. The normalized spacial score (nSPS) is 11.4. The van der Waals surface area contributed by atoms with E-state index in [1.165, 1.54) is 19.2 Å². The van der Waals surface area contributed by atoms with Crippen molar-refractivity contribution < 1.29 is 32.2 Å². The van der Waals surface area contributed by atoms with Crippen molar-refractivity contribution in [3.63, 3.8) is 0 Å². The lowest BCUT2D eigenvalue weighted by Crippen LogP contribution is -2.17. The number of ketones is 1. The number of carbonyl (C=O) groups excluding carboxylic acids is 1. The van der Waals surface area contributed by atoms with Crippen LogP contribution in [0.5, 0.6) is 5.75 Å². The highest BCUT2D eigenvalue weighted by Gasteiger charge is 2.31. The van der Waals surface area contributed by atoms with Gasteiger partial charge in [-0.1, -0.05) is 12.1 Å². The molecule has 0 fully saturated rings. The van der Waals surface area contributed by atoms with E-state index in [4.69, 9.17) is 9.47 Å². The number of Topliss-reactive ketones (excluding diaryl/α,β-unsaturated/α-hetero) is 1. The van der Waals surface area contributed by atoms with Gasteiger partial charge in [0.15, 0.2) is 5.78 Å². The molecule has 0 spiro atoms. The van der Waals surface area contributed by atoms with Crippen LogP contribution in [-0.4, -0.2) is 39.1 Å². The summed E-state index contributed by atoms with van der Waals surface area (Å²) >= 11 is 0. The van der Waals surface area contributed by atoms with Gasteiger partial charge in [-0.3, -0.25) is 4.79 Å². The van der Waals surface area contributed by atoms with E-state index in [1.54, 1.807) is 0 Å². The second-order valence-electron chi connectivity index (χ2n) is 3.54. The third-order valence-corrected chi connectivity index (χ3v) is 2.05. The van der Waals surface area contributed by atoms with Crippen LogP contribution in [0.2, 0.25) is 0 Å². The minimum Gasteiger partial charge on any atom is -0.406 e. The van der Waals surface area contributed by atoms with Crippen molar-refractivity contribution in [2.24, 2.45) is 0 Å². The second kappa shape index (κ2) is 7.10. The number of benzene rings is 1. The van der Waals surface area contributed by atoms with Gasteiger partial charge in [0.2, 0.25) is 0 Å². The maximum atomic E-state index is 12.0. The van der Waals surface area contributed by atoms with E-state index in [9.17, 15) is 18.0 Å². The second-order valence-corrected chi connectivity index (χ2v) is 3.54. The van der Waals surface area contributed by atoms with Gasteiger partial charge in [-0.05, 0) is 12.1 Å². The van der Waals surface area contributed by atoms with Crippen molar-refractivity contribution in [1.82, 2.24) is 0 Å². The number of alkyl halides is 3. The summed E-state index contributed by atoms with van der Waals surface area (Å²) in [4.78, 5) is 11.6. The molecular formula is C12H13F3O4. The highest BCUT2D eigenvalue weighted by Crippen LogP contribution is 2.23. The summed E-state index contributed by atoms with van der Waals surface area (Å²) in [6, 6.07) is 4.85. The molecule has 0 atom stereocenters. The fourth-order valence-electron chi connectivity index (χ4n) is 1.26. The summed E-state index contributed by atoms with van der Waals surface area (Å²) in [5, 5.41) is 0. The van der Waals surface area contributed by atoms with Crippen molar-refractivity contribution >= 4 is 5.78 Å². The Morgan fingerprint density at radius 2 is 2.00 bits per heavy atom. The lowest BCUT2D eigenvalue weighted by atomic mass is 10.1. The van der Waals surface area contributed by atoms with Crippen LogP contribution in [0, 0.1) is 0 Å². The van der Waals surface area contributed by atoms with E-state index in [2.05, 4.69) is 4.74 Å². The van der Waals surface area contributed by atoms with Gasteiger partial charge in [-0.25, -0.2) is 0 Å². The van der Waals surface area contributed by atoms with Gasteiger partial charge in [0, 0.05) is 12.7 Å². The number of hydrogen-bond acceptors (Lipinski definition) is 4. The summed E-state index contributed by atoms with van der Waals surface area (Å²) in [5.74, 6) is -0.862. The van der Waals surface area contributed by atoms with Gasteiger partial charge in [-0.2, -0.15) is 0 Å². The number of ether oxygens (including phenoxy) is 3. The Kier molecular flexibility index (Phi) is 5.78. The molecule has 0 radical (unpaired) electrons. The molecule has 0 heterocycles. The van der Waals surface area contributed by atoms with E-state index in [-0.39, 0.29) is 18.8 Å². The van der Waals surface area contributed by atoms with Crippen LogP contribution in [0.25, 0.3) is 0 Å². The van der Waals surface area contributed by atoms with Crippen molar-refractivity contribution in [3.8, 4) is 5.75 Å². The standard InChI is InChI=1S/C12H13F3O4/c1-17-5-6-18-8-11(16)9-3-2-4-10(7-9)19-12(13,14)15/h2-4,7H,5-6,8H2,1H3. The highest BCUT2D eigenvalue weighted by molar-refractivity contribution is 5.97. The first kappa shape index (κ1) is 15.5. The first-order chi connectivity index (χ1) is 8.92. The molecule has 0 unspecified atom stereocenters. The molecule has 0 saturated carbocycles. The molecule has 4 nitrogen and oxygen atoms in total. The van der Waals surface area contributed by atoms with Crippen molar-refractivity contribution in [2.75, 3.05) is 26.9 Å². The smallest absolute Gasteiger partial charge is 0.406 e. The largest absolute Gasteiger partial charge is 0.573 e. The molecule has 1 rings (SSSR count). The van der Waals surface area contributed by atoms with Crippen LogP contribution < -0.4 is 4.74 Å². The van der Waals surface area contributed by atoms with Crippen molar-refractivity contribution in [1.29, 1.82) is 0 Å². The lowest BCUT2D eigenvalue weighted by Gasteiger charge is -2.09. The Balaban J connectivity index is 2.58. The molecule has 1 aromatic rings. The summed E-state index contributed by atoms with van der Waals surface area (Å²) in [7, 11) is 1.49. The third kappa shape index (κ3) is 6.21. The summed E-state index contributed by atoms with van der Waals surface area (Å²) in [6.45, 7) is 0.352. The fourth-order valence-corrected chi connectivity index (χ4v) is 1.26. The maximum Gasteiger partial charge on any atom is 0.573 e. The minimum atomic E-state index is -4.78. The maximum absolute atomic E-state index is 12.0. The molecule has 0 bridgehead atoms. The Hall–Kier alpha value is -1.60. The van der Waals surface area contributed by atoms with Crippen LogP contribution in [0.3, 0.4) is 0 Å². The molecule has 19 heavy (non-hydrogen) atoms. The van der Waals surface area contributed by atoms with Crippen LogP contribution in [0.1, 0.15) is 10.4 Å². The van der Waals surface area contributed by atoms with Gasteiger partial charge in [-0.15, -0.1) is 13.2 Å². The van der Waals surface area contributed by atoms with E-state index < -0.39 is 17.9 Å². The van der Waals surface area contributed by atoms with Crippen molar-refractivity contribution in [2.45, 2.75) is 6.36 Å². The predicted octanol–water partition coefficient (Wildman–Crippen LogP) is 2.43. The molecule has 0 amide bonds.